The predicted octanol–water partition coefficient (Wildman–Crippen LogP) is 5.20. The molecule has 0 saturated heterocycles. The van der Waals surface area contributed by atoms with Crippen LogP contribution in [0, 0.1) is 54.4 Å². The van der Waals surface area contributed by atoms with Crippen molar-refractivity contribution in [1.82, 2.24) is 0 Å². The van der Waals surface area contributed by atoms with E-state index in [1.807, 2.05) is 6.92 Å². The second-order valence-corrected chi connectivity index (χ2v) is 11.7. The summed E-state index contributed by atoms with van der Waals surface area (Å²) < 4.78 is 0. The third kappa shape index (κ3) is 24.5. The molecule has 223 valence electrons. The molecule has 0 aromatic heterocycles. The van der Waals surface area contributed by atoms with Crippen LogP contribution in [-0.2, 0) is 14.4 Å². The zero-order chi connectivity index (χ0) is 28.8. The number of hydrogen-bond acceptors (Lipinski definition) is 6. The van der Waals surface area contributed by atoms with Crippen molar-refractivity contribution in [2.24, 2.45) is 16.2 Å². The number of carbonyl (C=O) groups is 3. The summed E-state index contributed by atoms with van der Waals surface area (Å²) in [5, 5.41) is 32.0. The van der Waals surface area contributed by atoms with E-state index in [1.54, 1.807) is 34.6 Å². The van der Waals surface area contributed by atoms with Gasteiger partial charge in [-0.25, -0.2) is 0 Å². The van der Waals surface area contributed by atoms with Gasteiger partial charge in [0, 0.05) is 34.2 Å². The Bertz CT molecular complexity index is 555. The SMILES string of the molecule is CCCCC(C)(CCC)C(=O)[O-].CCCCCCC(C)(C)C(=O)[O-].CCCCCCC(C)(C)C(=O)[O-].[Dy+3]. The molecular formula is C30H57DyO6. The van der Waals surface area contributed by atoms with Crippen molar-refractivity contribution in [3.8, 4) is 0 Å². The number of aliphatic carboxylic acids is 3. The van der Waals surface area contributed by atoms with Crippen LogP contribution < -0.4 is 15.3 Å². The Morgan fingerprint density at radius 3 is 1.05 bits per heavy atom. The van der Waals surface area contributed by atoms with Crippen LogP contribution in [0.5, 0.6) is 0 Å². The van der Waals surface area contributed by atoms with E-state index in [1.165, 1.54) is 25.7 Å². The van der Waals surface area contributed by atoms with Crippen molar-refractivity contribution in [3.05, 3.63) is 0 Å². The monoisotopic (exact) mass is 677 g/mol. The van der Waals surface area contributed by atoms with Gasteiger partial charge in [-0.15, -0.1) is 0 Å². The molecule has 0 aromatic carbocycles. The number of unbranched alkanes of at least 4 members (excludes halogenated alkanes) is 7. The summed E-state index contributed by atoms with van der Waals surface area (Å²) in [4.78, 5) is 32.0. The summed E-state index contributed by atoms with van der Waals surface area (Å²) in [5.74, 6) is -2.75. The quantitative estimate of drug-likeness (QED) is 0.184. The first kappa shape index (κ1) is 43.7. The molecule has 0 spiro atoms. The molecule has 0 rings (SSSR count). The van der Waals surface area contributed by atoms with Crippen LogP contribution in [-0.4, -0.2) is 17.9 Å². The van der Waals surface area contributed by atoms with Gasteiger partial charge in [-0.1, -0.05) is 133 Å². The first-order chi connectivity index (χ1) is 16.6. The minimum atomic E-state index is -0.931. The Balaban J connectivity index is -0.000000218. The average molecular weight is 676 g/mol. The van der Waals surface area contributed by atoms with Crippen LogP contribution in [0.2, 0.25) is 0 Å². The molecule has 37 heavy (non-hydrogen) atoms. The van der Waals surface area contributed by atoms with Gasteiger partial charge in [0.05, 0.1) is 0 Å². The molecule has 6 nitrogen and oxygen atoms in total. The maximum atomic E-state index is 10.8. The van der Waals surface area contributed by atoms with E-state index in [2.05, 4.69) is 20.8 Å². The van der Waals surface area contributed by atoms with Crippen molar-refractivity contribution in [1.29, 1.82) is 0 Å². The number of carboxylic acid groups (broad SMARTS) is 3. The zero-order valence-corrected chi connectivity index (χ0v) is 27.4. The van der Waals surface area contributed by atoms with Crippen molar-refractivity contribution < 1.29 is 67.9 Å². The number of hydrogen-bond donors (Lipinski definition) is 0. The third-order valence-electron chi connectivity index (χ3n) is 6.79. The van der Waals surface area contributed by atoms with Crippen molar-refractivity contribution in [2.75, 3.05) is 0 Å². The standard InChI is InChI=1S/3C10H20O2.Dy/c2*1-4-5-6-7-8-10(2,3)9(11)12;1-4-6-8-10(3,7-5-2)9(11)12;/h3*4-8H2,1-3H3,(H,11,12);/q;;;+3/p-3. The molecule has 1 atom stereocenters. The topological polar surface area (TPSA) is 120 Å². The van der Waals surface area contributed by atoms with Gasteiger partial charge in [0.15, 0.2) is 0 Å². The smallest absolute Gasteiger partial charge is 0.550 e. The van der Waals surface area contributed by atoms with Gasteiger partial charge < -0.3 is 29.7 Å². The van der Waals surface area contributed by atoms with E-state index in [0.29, 0.717) is 0 Å². The first-order valence-electron chi connectivity index (χ1n) is 14.2. The second-order valence-electron chi connectivity index (χ2n) is 11.7. The van der Waals surface area contributed by atoms with Gasteiger partial charge in [0.2, 0.25) is 0 Å². The van der Waals surface area contributed by atoms with Crippen LogP contribution in [0.4, 0.5) is 0 Å². The first-order valence-corrected chi connectivity index (χ1v) is 14.2. The molecule has 0 aliphatic rings. The summed E-state index contributed by atoms with van der Waals surface area (Å²) in [7, 11) is 0. The van der Waals surface area contributed by atoms with Gasteiger partial charge >= 0.3 is 38.2 Å². The van der Waals surface area contributed by atoms with Crippen LogP contribution in [0.1, 0.15) is 159 Å². The largest absolute Gasteiger partial charge is 3.00 e. The van der Waals surface area contributed by atoms with Crippen molar-refractivity contribution in [3.63, 3.8) is 0 Å². The second kappa shape index (κ2) is 24.7. The van der Waals surface area contributed by atoms with Gasteiger partial charge in [-0.3, -0.25) is 0 Å². The summed E-state index contributed by atoms with van der Waals surface area (Å²) in [6.07, 6.45) is 14.9. The molecule has 1 unspecified atom stereocenters. The fourth-order valence-electron chi connectivity index (χ4n) is 3.64. The minimum absolute atomic E-state index is 0. The molecule has 0 aliphatic carbocycles. The van der Waals surface area contributed by atoms with E-state index >= 15 is 0 Å². The summed E-state index contributed by atoms with van der Waals surface area (Å²) in [5.41, 5.74) is -1.88. The number of carbonyl (C=O) groups excluding carboxylic acids is 3. The Kier molecular flexibility index (Phi) is 29.2. The average Bonchev–Trinajstić information content (AvgIpc) is 2.79. The molecule has 0 aliphatic heterocycles. The normalized spacial score (nSPS) is 12.6. The molecule has 0 fully saturated rings. The minimum Gasteiger partial charge on any atom is -0.550 e. The van der Waals surface area contributed by atoms with Crippen molar-refractivity contribution >= 4 is 17.9 Å². The molecule has 0 aromatic rings. The number of rotatable bonds is 18. The summed E-state index contributed by atoms with van der Waals surface area (Å²) in [6, 6.07) is 0. The van der Waals surface area contributed by atoms with E-state index in [-0.39, 0.29) is 38.2 Å². The van der Waals surface area contributed by atoms with E-state index in [9.17, 15) is 29.7 Å². The van der Waals surface area contributed by atoms with E-state index < -0.39 is 34.2 Å². The Morgan fingerprint density at radius 1 is 0.459 bits per heavy atom. The molecule has 0 bridgehead atoms. The molecule has 0 saturated carbocycles. The molecular weight excluding hydrogens is 619 g/mol. The molecule has 0 N–H and O–H groups in total. The van der Waals surface area contributed by atoms with E-state index in [0.717, 1.165) is 70.6 Å². The Labute approximate surface area is 259 Å². The van der Waals surface area contributed by atoms with Gasteiger partial charge in [0.25, 0.3) is 0 Å². The van der Waals surface area contributed by atoms with Crippen LogP contribution in [0.15, 0.2) is 0 Å². The van der Waals surface area contributed by atoms with Crippen LogP contribution in [0.25, 0.3) is 0 Å². The van der Waals surface area contributed by atoms with Gasteiger partial charge in [-0.05, 0) is 25.7 Å². The summed E-state index contributed by atoms with van der Waals surface area (Å²) >= 11 is 0. The fourth-order valence-corrected chi connectivity index (χ4v) is 3.64. The third-order valence-corrected chi connectivity index (χ3v) is 6.79. The van der Waals surface area contributed by atoms with Crippen molar-refractivity contribution in [2.45, 2.75) is 159 Å². The maximum Gasteiger partial charge on any atom is 3.00 e. The molecule has 0 heterocycles. The molecule has 1 radical (unpaired) electrons. The fraction of sp³-hybridized carbons (Fsp3) is 0.900. The Morgan fingerprint density at radius 2 is 0.811 bits per heavy atom. The zero-order valence-electron chi connectivity index (χ0n) is 25.4. The molecule has 7 heteroatoms. The van der Waals surface area contributed by atoms with Gasteiger partial charge in [0.1, 0.15) is 0 Å². The maximum absolute atomic E-state index is 10.8. The van der Waals surface area contributed by atoms with Crippen LogP contribution in [0.3, 0.4) is 0 Å². The predicted molar refractivity (Wildman–Crippen MR) is 143 cm³/mol. The Hall–Kier alpha value is -0.317. The number of carboxylic acids is 3. The molecule has 0 amide bonds. The van der Waals surface area contributed by atoms with Crippen LogP contribution >= 0.6 is 0 Å². The van der Waals surface area contributed by atoms with E-state index in [4.69, 9.17) is 0 Å². The summed E-state index contributed by atoms with van der Waals surface area (Å²) in [6.45, 7) is 17.1. The van der Waals surface area contributed by atoms with Gasteiger partial charge in [-0.2, -0.15) is 0 Å².